The van der Waals surface area contributed by atoms with Gasteiger partial charge in [-0.05, 0) is 45.4 Å². The molecule has 1 atom stereocenters. The zero-order chi connectivity index (χ0) is 17.5. The summed E-state index contributed by atoms with van der Waals surface area (Å²) in [5, 5.41) is 3.52. The van der Waals surface area contributed by atoms with Crippen LogP contribution in [0.5, 0.6) is 0 Å². The summed E-state index contributed by atoms with van der Waals surface area (Å²) in [6.45, 7) is 8.97. The third kappa shape index (κ3) is 2.89. The molecule has 3 heterocycles. The van der Waals surface area contributed by atoms with Crippen LogP contribution in [-0.2, 0) is 5.41 Å². The van der Waals surface area contributed by atoms with Gasteiger partial charge in [0.2, 0.25) is 0 Å². The monoisotopic (exact) mass is 346 g/mol. The van der Waals surface area contributed by atoms with Crippen molar-refractivity contribution in [1.82, 2.24) is 15.2 Å². The maximum Gasteiger partial charge on any atom is 0.263 e. The van der Waals surface area contributed by atoms with Gasteiger partial charge in [0.05, 0.1) is 5.69 Å². The molecule has 0 bridgehead atoms. The summed E-state index contributed by atoms with van der Waals surface area (Å²) in [5.74, 6) is -0.146. The average molecular weight is 347 g/mol. The van der Waals surface area contributed by atoms with E-state index in [1.54, 1.807) is 7.05 Å². The quantitative estimate of drug-likeness (QED) is 0.896. The first-order chi connectivity index (χ1) is 11.4. The van der Waals surface area contributed by atoms with E-state index in [0.717, 1.165) is 35.4 Å². The molecule has 3 N–H and O–H groups in total. The van der Waals surface area contributed by atoms with E-state index in [9.17, 15) is 4.79 Å². The molecule has 1 amide bonds. The van der Waals surface area contributed by atoms with Crippen LogP contribution in [0.3, 0.4) is 0 Å². The van der Waals surface area contributed by atoms with Crippen molar-refractivity contribution in [2.24, 2.45) is 0 Å². The minimum atomic E-state index is -0.146. The zero-order valence-electron chi connectivity index (χ0n) is 14.8. The largest absolute Gasteiger partial charge is 0.397 e. The van der Waals surface area contributed by atoms with Crippen LogP contribution in [0.15, 0.2) is 12.1 Å². The summed E-state index contributed by atoms with van der Waals surface area (Å²) >= 11 is 1.38. The summed E-state index contributed by atoms with van der Waals surface area (Å²) in [5.41, 5.74) is 7.82. The molecule has 1 aliphatic heterocycles. The number of aromatic nitrogens is 1. The van der Waals surface area contributed by atoms with Gasteiger partial charge < -0.3 is 16.0 Å². The second kappa shape index (κ2) is 6.33. The number of amides is 1. The lowest BCUT2D eigenvalue weighted by Gasteiger charge is -2.42. The average Bonchev–Trinajstić information content (AvgIpc) is 2.90. The third-order valence-corrected chi connectivity index (χ3v) is 6.22. The van der Waals surface area contributed by atoms with Crippen molar-refractivity contribution < 1.29 is 4.79 Å². The molecule has 0 aliphatic carbocycles. The Hall–Kier alpha value is -1.66. The predicted molar refractivity (Wildman–Crippen MR) is 101 cm³/mol. The van der Waals surface area contributed by atoms with E-state index >= 15 is 0 Å². The van der Waals surface area contributed by atoms with Crippen LogP contribution >= 0.6 is 11.3 Å². The molecule has 24 heavy (non-hydrogen) atoms. The van der Waals surface area contributed by atoms with Gasteiger partial charge in [-0.3, -0.25) is 4.79 Å². The first-order valence-electron chi connectivity index (χ1n) is 8.51. The van der Waals surface area contributed by atoms with Gasteiger partial charge in [0.1, 0.15) is 9.71 Å². The van der Waals surface area contributed by atoms with Crippen LogP contribution in [0, 0.1) is 0 Å². The van der Waals surface area contributed by atoms with Crippen molar-refractivity contribution >= 4 is 33.1 Å². The van der Waals surface area contributed by atoms with Crippen LogP contribution in [0.1, 0.15) is 49.0 Å². The Labute approximate surface area is 147 Å². The maximum absolute atomic E-state index is 12.0. The molecule has 1 aliphatic rings. The summed E-state index contributed by atoms with van der Waals surface area (Å²) in [7, 11) is 1.62. The highest BCUT2D eigenvalue weighted by Crippen LogP contribution is 2.37. The molecular formula is C18H26N4OS. The number of nitrogen functional groups attached to an aromatic ring is 1. The van der Waals surface area contributed by atoms with Crippen molar-refractivity contribution in [3.05, 3.63) is 22.7 Å². The highest BCUT2D eigenvalue weighted by molar-refractivity contribution is 7.21. The molecule has 0 saturated carbocycles. The maximum atomic E-state index is 12.0. The minimum Gasteiger partial charge on any atom is -0.397 e. The van der Waals surface area contributed by atoms with E-state index < -0.39 is 0 Å². The molecule has 2 aromatic rings. The Morgan fingerprint density at radius 1 is 1.46 bits per heavy atom. The number of likely N-dealkylation sites (tertiary alicyclic amines) is 1. The van der Waals surface area contributed by atoms with E-state index in [4.69, 9.17) is 10.7 Å². The Kier molecular flexibility index (Phi) is 4.53. The highest BCUT2D eigenvalue weighted by atomic mass is 32.1. The van der Waals surface area contributed by atoms with E-state index in [1.165, 1.54) is 17.8 Å². The number of fused-ring (bicyclic) bond motifs is 1. The molecule has 0 radical (unpaired) electrons. The topological polar surface area (TPSA) is 71.2 Å². The molecule has 2 aromatic heterocycles. The number of pyridine rings is 1. The molecule has 1 fully saturated rings. The number of anilines is 1. The Morgan fingerprint density at radius 3 is 2.88 bits per heavy atom. The fourth-order valence-corrected chi connectivity index (χ4v) is 4.58. The lowest BCUT2D eigenvalue weighted by molar-refractivity contribution is 0.0968. The molecule has 1 saturated heterocycles. The lowest BCUT2D eigenvalue weighted by Crippen LogP contribution is -2.47. The molecule has 130 valence electrons. The van der Waals surface area contributed by atoms with Gasteiger partial charge in [-0.25, -0.2) is 4.98 Å². The standard InChI is InChI=1S/C18H26N4OS/c1-11(2)22-9-5-8-18(3,10-22)13-7-6-12-14(19)15(16(23)20-4)24-17(12)21-13/h6-7,11H,5,8-10,19H2,1-4H3,(H,20,23)/t18-/m1/s1. The number of thiophene rings is 1. The molecule has 5 nitrogen and oxygen atoms in total. The number of rotatable bonds is 3. The van der Waals surface area contributed by atoms with Gasteiger partial charge in [-0.15, -0.1) is 11.3 Å². The van der Waals surface area contributed by atoms with Crippen molar-refractivity contribution in [2.45, 2.75) is 45.1 Å². The molecule has 0 aromatic carbocycles. The van der Waals surface area contributed by atoms with Crippen molar-refractivity contribution in [2.75, 3.05) is 25.9 Å². The van der Waals surface area contributed by atoms with Crippen molar-refractivity contribution in [3.63, 3.8) is 0 Å². The van der Waals surface area contributed by atoms with Crippen LogP contribution < -0.4 is 11.1 Å². The van der Waals surface area contributed by atoms with Crippen LogP contribution in [0.2, 0.25) is 0 Å². The Morgan fingerprint density at radius 2 is 2.21 bits per heavy atom. The summed E-state index contributed by atoms with van der Waals surface area (Å²) in [6, 6.07) is 4.66. The van der Waals surface area contributed by atoms with Crippen LogP contribution in [-0.4, -0.2) is 42.0 Å². The number of carbonyl (C=O) groups is 1. The molecule has 0 spiro atoms. The molecule has 0 unspecified atom stereocenters. The number of nitrogens with two attached hydrogens (primary N) is 1. The number of nitrogens with one attached hydrogen (secondary N) is 1. The van der Waals surface area contributed by atoms with Gasteiger partial charge in [-0.2, -0.15) is 0 Å². The van der Waals surface area contributed by atoms with Crippen LogP contribution in [0.4, 0.5) is 5.69 Å². The molecule has 6 heteroatoms. The van der Waals surface area contributed by atoms with Crippen molar-refractivity contribution in [3.8, 4) is 0 Å². The first kappa shape index (κ1) is 17.2. The van der Waals surface area contributed by atoms with Crippen molar-refractivity contribution in [1.29, 1.82) is 0 Å². The summed E-state index contributed by atoms with van der Waals surface area (Å²) in [4.78, 5) is 20.8. The molecular weight excluding hydrogens is 320 g/mol. The zero-order valence-corrected chi connectivity index (χ0v) is 15.7. The molecule has 3 rings (SSSR count). The normalized spacial score (nSPS) is 22.2. The summed E-state index contributed by atoms with van der Waals surface area (Å²) < 4.78 is 0. The Bertz CT molecular complexity index is 770. The lowest BCUT2D eigenvalue weighted by atomic mass is 9.78. The minimum absolute atomic E-state index is 0.0443. The first-order valence-corrected chi connectivity index (χ1v) is 9.33. The second-order valence-electron chi connectivity index (χ2n) is 7.20. The van der Waals surface area contributed by atoms with Gasteiger partial charge in [0, 0.05) is 36.1 Å². The number of hydrogen-bond donors (Lipinski definition) is 2. The van der Waals surface area contributed by atoms with Gasteiger partial charge >= 0.3 is 0 Å². The number of piperidine rings is 1. The fourth-order valence-electron chi connectivity index (χ4n) is 3.54. The van der Waals surface area contributed by atoms with E-state index in [-0.39, 0.29) is 11.3 Å². The second-order valence-corrected chi connectivity index (χ2v) is 8.20. The van der Waals surface area contributed by atoms with E-state index in [0.29, 0.717) is 16.6 Å². The van der Waals surface area contributed by atoms with Gasteiger partial charge in [0.15, 0.2) is 0 Å². The SMILES string of the molecule is CNC(=O)c1sc2nc([C@]3(C)CCCN(C(C)C)C3)ccc2c1N. The highest BCUT2D eigenvalue weighted by Gasteiger charge is 2.35. The number of hydrogen-bond acceptors (Lipinski definition) is 5. The fraction of sp³-hybridized carbons (Fsp3) is 0.556. The van der Waals surface area contributed by atoms with Crippen LogP contribution in [0.25, 0.3) is 10.2 Å². The van der Waals surface area contributed by atoms with Gasteiger partial charge in [-0.1, -0.05) is 6.92 Å². The number of nitrogens with zero attached hydrogens (tertiary/aromatic N) is 2. The van der Waals surface area contributed by atoms with Gasteiger partial charge in [0.25, 0.3) is 5.91 Å². The van der Waals surface area contributed by atoms with E-state index in [2.05, 4.69) is 37.1 Å². The third-order valence-electron chi connectivity index (χ3n) is 5.10. The predicted octanol–water partition coefficient (Wildman–Crippen LogP) is 3.00. The smallest absolute Gasteiger partial charge is 0.263 e. The Balaban J connectivity index is 2.00. The number of carbonyl (C=O) groups excluding carboxylic acids is 1. The summed E-state index contributed by atoms with van der Waals surface area (Å²) in [6.07, 6.45) is 2.32. The van der Waals surface area contributed by atoms with E-state index in [1.807, 2.05) is 6.07 Å².